The minimum atomic E-state index is 0.363. The molecule has 0 aromatic heterocycles. The van der Waals surface area contributed by atoms with Gasteiger partial charge in [0.05, 0.1) is 6.61 Å². The van der Waals surface area contributed by atoms with Crippen molar-refractivity contribution in [3.8, 4) is 5.75 Å². The normalized spacial score (nSPS) is 18.9. The molecule has 0 spiro atoms. The van der Waals surface area contributed by atoms with Crippen molar-refractivity contribution >= 4 is 0 Å². The molecule has 20 heavy (non-hydrogen) atoms. The minimum Gasteiger partial charge on any atom is -0.493 e. The molecule has 2 nitrogen and oxygen atoms in total. The van der Waals surface area contributed by atoms with E-state index >= 15 is 0 Å². The first-order valence-electron chi connectivity index (χ1n) is 8.16. The molecule has 2 rings (SSSR count). The summed E-state index contributed by atoms with van der Waals surface area (Å²) in [4.78, 5) is 0. The van der Waals surface area contributed by atoms with Crippen LogP contribution in [-0.2, 0) is 0 Å². The Kier molecular flexibility index (Phi) is 5.47. The lowest BCUT2D eigenvalue weighted by Crippen LogP contribution is -2.34. The molecule has 1 saturated carbocycles. The van der Waals surface area contributed by atoms with Gasteiger partial charge in [0.1, 0.15) is 5.75 Å². The van der Waals surface area contributed by atoms with Crippen molar-refractivity contribution in [1.29, 1.82) is 0 Å². The maximum atomic E-state index is 5.98. The van der Waals surface area contributed by atoms with Gasteiger partial charge in [-0.3, -0.25) is 0 Å². The molecular weight excluding hydrogens is 246 g/mol. The van der Waals surface area contributed by atoms with Crippen LogP contribution in [0.15, 0.2) is 24.3 Å². The second kappa shape index (κ2) is 7.12. The zero-order valence-corrected chi connectivity index (χ0v) is 13.2. The molecule has 0 saturated heterocycles. The predicted molar refractivity (Wildman–Crippen MR) is 85.2 cm³/mol. The van der Waals surface area contributed by atoms with E-state index in [-0.39, 0.29) is 0 Å². The zero-order valence-electron chi connectivity index (χ0n) is 13.2. The van der Waals surface area contributed by atoms with Gasteiger partial charge in [-0.25, -0.2) is 0 Å². The van der Waals surface area contributed by atoms with E-state index in [1.54, 1.807) is 0 Å². The third-order valence-corrected chi connectivity index (χ3v) is 4.54. The van der Waals surface area contributed by atoms with Crippen molar-refractivity contribution in [3.63, 3.8) is 0 Å². The fourth-order valence-electron chi connectivity index (χ4n) is 3.47. The molecule has 1 unspecified atom stereocenters. The van der Waals surface area contributed by atoms with Gasteiger partial charge in [-0.15, -0.1) is 0 Å². The third kappa shape index (κ3) is 3.35. The summed E-state index contributed by atoms with van der Waals surface area (Å²) < 4.78 is 5.98. The largest absolute Gasteiger partial charge is 0.493 e. The topological polar surface area (TPSA) is 21.3 Å². The maximum Gasteiger partial charge on any atom is 0.124 e. The third-order valence-electron chi connectivity index (χ3n) is 4.54. The Balaban J connectivity index is 2.28. The van der Waals surface area contributed by atoms with Gasteiger partial charge in [0.15, 0.2) is 0 Å². The van der Waals surface area contributed by atoms with Gasteiger partial charge in [0.25, 0.3) is 0 Å². The summed E-state index contributed by atoms with van der Waals surface area (Å²) in [6.45, 7) is 8.59. The summed E-state index contributed by atoms with van der Waals surface area (Å²) in [7, 11) is 0. The Bertz CT molecular complexity index is 410. The molecule has 1 atom stereocenters. The van der Waals surface area contributed by atoms with Crippen LogP contribution in [0.4, 0.5) is 0 Å². The second-order valence-corrected chi connectivity index (χ2v) is 6.24. The molecule has 0 amide bonds. The van der Waals surface area contributed by atoms with Crippen LogP contribution < -0.4 is 10.1 Å². The molecule has 1 fully saturated rings. The van der Waals surface area contributed by atoms with Gasteiger partial charge in [-0.1, -0.05) is 51.8 Å². The SMILES string of the molecule is CCCOc1ccccc1C(NCC)C1(C)CCCC1. The number of rotatable bonds is 7. The smallest absolute Gasteiger partial charge is 0.124 e. The fraction of sp³-hybridized carbons (Fsp3) is 0.667. The van der Waals surface area contributed by atoms with Gasteiger partial charge in [0, 0.05) is 11.6 Å². The second-order valence-electron chi connectivity index (χ2n) is 6.24. The van der Waals surface area contributed by atoms with Crippen molar-refractivity contribution in [3.05, 3.63) is 29.8 Å². The number of ether oxygens (including phenoxy) is 1. The van der Waals surface area contributed by atoms with Gasteiger partial charge in [-0.2, -0.15) is 0 Å². The highest BCUT2D eigenvalue weighted by Gasteiger charge is 2.38. The molecule has 112 valence electrons. The number of para-hydroxylation sites is 1. The Morgan fingerprint density at radius 1 is 1.20 bits per heavy atom. The summed E-state index contributed by atoms with van der Waals surface area (Å²) in [5.74, 6) is 1.06. The molecule has 1 aliphatic carbocycles. The molecule has 0 aliphatic heterocycles. The average molecular weight is 275 g/mol. The van der Waals surface area contributed by atoms with E-state index in [1.165, 1.54) is 31.2 Å². The van der Waals surface area contributed by atoms with Crippen molar-refractivity contribution in [2.75, 3.05) is 13.2 Å². The Hall–Kier alpha value is -1.02. The highest BCUT2D eigenvalue weighted by molar-refractivity contribution is 5.37. The molecule has 2 heteroatoms. The van der Waals surface area contributed by atoms with Gasteiger partial charge in [0.2, 0.25) is 0 Å². The van der Waals surface area contributed by atoms with E-state index < -0.39 is 0 Å². The monoisotopic (exact) mass is 275 g/mol. The van der Waals surface area contributed by atoms with Crippen molar-refractivity contribution in [2.45, 2.75) is 58.9 Å². The van der Waals surface area contributed by atoms with E-state index in [0.29, 0.717) is 11.5 Å². The molecule has 1 aliphatic rings. The predicted octanol–water partition coefficient (Wildman–Crippen LogP) is 4.71. The quantitative estimate of drug-likeness (QED) is 0.778. The highest BCUT2D eigenvalue weighted by Crippen LogP contribution is 2.48. The number of nitrogens with one attached hydrogen (secondary N) is 1. The van der Waals surface area contributed by atoms with E-state index in [9.17, 15) is 0 Å². The molecular formula is C18H29NO. The van der Waals surface area contributed by atoms with Crippen LogP contribution in [0.25, 0.3) is 0 Å². The van der Waals surface area contributed by atoms with Crippen LogP contribution in [-0.4, -0.2) is 13.2 Å². The van der Waals surface area contributed by atoms with Crippen LogP contribution in [0.1, 0.15) is 64.5 Å². The van der Waals surface area contributed by atoms with Crippen molar-refractivity contribution < 1.29 is 4.74 Å². The highest BCUT2D eigenvalue weighted by atomic mass is 16.5. The first-order chi connectivity index (χ1) is 9.71. The Morgan fingerprint density at radius 2 is 1.90 bits per heavy atom. The Morgan fingerprint density at radius 3 is 2.55 bits per heavy atom. The molecule has 0 heterocycles. The minimum absolute atomic E-state index is 0.363. The Labute approximate surface area is 123 Å². The van der Waals surface area contributed by atoms with E-state index in [1.807, 2.05) is 0 Å². The van der Waals surface area contributed by atoms with E-state index in [0.717, 1.165) is 25.3 Å². The standard InChI is InChI=1S/C18H29NO/c1-4-14-20-16-11-7-6-10-15(16)17(19-5-2)18(3)12-8-9-13-18/h6-7,10-11,17,19H,4-5,8-9,12-14H2,1-3H3. The number of hydrogen-bond donors (Lipinski definition) is 1. The molecule has 1 N–H and O–H groups in total. The van der Waals surface area contributed by atoms with Crippen LogP contribution in [0.2, 0.25) is 0 Å². The van der Waals surface area contributed by atoms with Crippen molar-refractivity contribution in [2.24, 2.45) is 5.41 Å². The number of benzene rings is 1. The maximum absolute atomic E-state index is 5.98. The summed E-state index contributed by atoms with van der Waals surface area (Å²) in [6.07, 6.45) is 6.39. The first-order valence-corrected chi connectivity index (χ1v) is 8.16. The van der Waals surface area contributed by atoms with Crippen LogP contribution in [0.3, 0.4) is 0 Å². The van der Waals surface area contributed by atoms with Crippen LogP contribution in [0.5, 0.6) is 5.75 Å². The zero-order chi connectivity index (χ0) is 14.4. The summed E-state index contributed by atoms with van der Waals surface area (Å²) >= 11 is 0. The summed E-state index contributed by atoms with van der Waals surface area (Å²) in [5.41, 5.74) is 1.70. The van der Waals surface area contributed by atoms with Gasteiger partial charge in [-0.05, 0) is 37.3 Å². The van der Waals surface area contributed by atoms with E-state index in [2.05, 4.69) is 50.4 Å². The lowest BCUT2D eigenvalue weighted by Gasteiger charge is -2.36. The summed E-state index contributed by atoms with van der Waals surface area (Å²) in [5, 5.41) is 3.72. The van der Waals surface area contributed by atoms with Crippen molar-refractivity contribution in [1.82, 2.24) is 5.32 Å². The number of hydrogen-bond acceptors (Lipinski definition) is 2. The van der Waals surface area contributed by atoms with Crippen LogP contribution in [0, 0.1) is 5.41 Å². The summed E-state index contributed by atoms with van der Waals surface area (Å²) in [6, 6.07) is 8.98. The van der Waals surface area contributed by atoms with Crippen LogP contribution >= 0.6 is 0 Å². The van der Waals surface area contributed by atoms with E-state index in [4.69, 9.17) is 4.74 Å². The fourth-order valence-corrected chi connectivity index (χ4v) is 3.47. The molecule has 0 radical (unpaired) electrons. The van der Waals surface area contributed by atoms with Gasteiger partial charge >= 0.3 is 0 Å². The first kappa shape index (κ1) is 15.4. The lowest BCUT2D eigenvalue weighted by atomic mass is 9.77. The molecule has 1 aromatic carbocycles. The molecule has 0 bridgehead atoms. The molecule has 1 aromatic rings. The lowest BCUT2D eigenvalue weighted by molar-refractivity contribution is 0.217. The van der Waals surface area contributed by atoms with Gasteiger partial charge < -0.3 is 10.1 Å². The average Bonchev–Trinajstić information content (AvgIpc) is 2.91.